The molecule has 1 saturated heterocycles. The number of hydrogen-bond donors (Lipinski definition) is 3. The molecule has 0 aromatic carbocycles. The van der Waals surface area contributed by atoms with Gasteiger partial charge in [-0.3, -0.25) is 4.79 Å². The Morgan fingerprint density at radius 2 is 1.71 bits per heavy atom. The number of rotatable bonds is 1. The number of halogens is 1. The second kappa shape index (κ2) is 10.4. The van der Waals surface area contributed by atoms with Gasteiger partial charge in [0, 0.05) is 12.6 Å². The molecule has 166 valence electrons. The monoisotopic (exact) mass is 513 g/mol. The number of hydrogen-bond acceptors (Lipinski definition) is 6. The molecule has 0 spiro atoms. The fourth-order valence-corrected chi connectivity index (χ4v) is 5.95. The number of likely N-dealkylation sites (N-methyl/N-ethyl adjacent to an activating group) is 1. The van der Waals surface area contributed by atoms with E-state index in [1.807, 2.05) is 39.6 Å². The second-order valence-corrected chi connectivity index (χ2v) is 11.4. The van der Waals surface area contributed by atoms with Crippen LogP contribution >= 0.6 is 22.6 Å². The third kappa shape index (κ3) is 7.07. The second-order valence-electron chi connectivity index (χ2n) is 9.36. The Kier molecular flexibility index (Phi) is 9.66. The van der Waals surface area contributed by atoms with Crippen LogP contribution in [-0.2, 0) is 9.53 Å². The molecule has 0 amide bonds. The van der Waals surface area contributed by atoms with Crippen LogP contribution in [0.2, 0.25) is 0 Å². The van der Waals surface area contributed by atoms with Crippen LogP contribution in [0.4, 0.5) is 0 Å². The van der Waals surface area contributed by atoms with Gasteiger partial charge in [0.05, 0.1) is 5.92 Å². The Morgan fingerprint density at radius 3 is 2.25 bits per heavy atom. The van der Waals surface area contributed by atoms with E-state index >= 15 is 0 Å². The van der Waals surface area contributed by atoms with Crippen LogP contribution in [0.3, 0.4) is 0 Å². The average Bonchev–Trinajstić information content (AvgIpc) is 2.55. The Labute approximate surface area is 184 Å². The summed E-state index contributed by atoms with van der Waals surface area (Å²) in [4.78, 5) is 14.6. The molecule has 3 N–H and O–H groups in total. The summed E-state index contributed by atoms with van der Waals surface area (Å²) >= 11 is 2.12. The smallest absolute Gasteiger partial charge is 0.309 e. The SMILES string of the molecule is CC[C@H]1OC(=O)[C@H](C)C[C@H](C)C[C@@](O)(I)C[C@@H](C)CN(C)[C@H](C)[C@@H](O)[C@]1(C)O. The van der Waals surface area contributed by atoms with Crippen LogP contribution in [0, 0.1) is 17.8 Å². The Balaban J connectivity index is 3.19. The lowest BCUT2D eigenvalue weighted by atomic mass is 9.86. The highest BCUT2D eigenvalue weighted by atomic mass is 127. The van der Waals surface area contributed by atoms with Gasteiger partial charge in [-0.15, -0.1) is 0 Å². The predicted octanol–water partition coefficient (Wildman–Crippen LogP) is 2.96. The maximum atomic E-state index is 12.6. The first-order valence-electron chi connectivity index (χ1n) is 10.4. The largest absolute Gasteiger partial charge is 0.459 e. The minimum absolute atomic E-state index is 0.157. The first-order valence-corrected chi connectivity index (χ1v) is 11.5. The van der Waals surface area contributed by atoms with Gasteiger partial charge in [-0.25, -0.2) is 0 Å². The molecule has 0 aromatic heterocycles. The van der Waals surface area contributed by atoms with Crippen LogP contribution in [0.1, 0.15) is 67.2 Å². The summed E-state index contributed by atoms with van der Waals surface area (Å²) in [5.41, 5.74) is -1.56. The van der Waals surface area contributed by atoms with Gasteiger partial charge in [0.2, 0.25) is 0 Å². The minimum atomic E-state index is -1.56. The third-order valence-corrected chi connectivity index (χ3v) is 6.99. The number of alkyl halides is 1. The molecule has 8 atom stereocenters. The molecule has 1 aliphatic rings. The third-order valence-electron chi connectivity index (χ3n) is 6.11. The molecule has 6 nitrogen and oxygen atoms in total. The fourth-order valence-electron chi connectivity index (χ4n) is 4.45. The molecule has 0 unspecified atom stereocenters. The molecule has 7 heteroatoms. The van der Waals surface area contributed by atoms with Crippen LogP contribution in [0.25, 0.3) is 0 Å². The summed E-state index contributed by atoms with van der Waals surface area (Å²) in [5, 5.41) is 32.8. The maximum Gasteiger partial charge on any atom is 0.309 e. The number of carbonyl (C=O) groups is 1. The minimum Gasteiger partial charge on any atom is -0.459 e. The van der Waals surface area contributed by atoms with E-state index in [0.717, 1.165) is 0 Å². The number of nitrogens with zero attached hydrogens (tertiary/aromatic N) is 1. The summed E-state index contributed by atoms with van der Waals surface area (Å²) in [6.45, 7) is 11.9. The van der Waals surface area contributed by atoms with E-state index in [1.54, 1.807) is 6.92 Å². The quantitative estimate of drug-likeness (QED) is 0.284. The number of aliphatic hydroxyl groups is 3. The number of aliphatic hydroxyl groups excluding tert-OH is 1. The van der Waals surface area contributed by atoms with Crippen molar-refractivity contribution in [2.45, 2.75) is 94.7 Å². The van der Waals surface area contributed by atoms with Crippen molar-refractivity contribution in [1.82, 2.24) is 4.90 Å². The molecule has 1 rings (SSSR count). The zero-order chi connectivity index (χ0) is 21.9. The van der Waals surface area contributed by atoms with Crippen LogP contribution < -0.4 is 0 Å². The zero-order valence-electron chi connectivity index (χ0n) is 18.5. The normalized spacial score (nSPS) is 45.8. The van der Waals surface area contributed by atoms with E-state index in [-0.39, 0.29) is 29.8 Å². The van der Waals surface area contributed by atoms with Gasteiger partial charge in [-0.2, -0.15) is 0 Å². The molecule has 0 bridgehead atoms. The molecule has 1 fully saturated rings. The zero-order valence-corrected chi connectivity index (χ0v) is 20.6. The predicted molar refractivity (Wildman–Crippen MR) is 119 cm³/mol. The number of cyclic esters (lactones) is 1. The van der Waals surface area contributed by atoms with Crippen LogP contribution in [0.5, 0.6) is 0 Å². The van der Waals surface area contributed by atoms with Gasteiger partial charge < -0.3 is 25.0 Å². The van der Waals surface area contributed by atoms with Gasteiger partial charge in [-0.05, 0) is 81.0 Å². The Hall–Kier alpha value is 0.0400. The van der Waals surface area contributed by atoms with Crippen molar-refractivity contribution in [1.29, 1.82) is 0 Å². The van der Waals surface area contributed by atoms with Gasteiger partial charge in [0.15, 0.2) is 0 Å². The summed E-state index contributed by atoms with van der Waals surface area (Å²) in [6, 6.07) is -0.339. The molecular weight excluding hydrogens is 473 g/mol. The van der Waals surface area contributed by atoms with E-state index in [0.29, 0.717) is 32.2 Å². The van der Waals surface area contributed by atoms with Gasteiger partial charge in [-0.1, -0.05) is 27.7 Å². The number of ether oxygens (including phenoxy) is 1. The maximum absolute atomic E-state index is 12.6. The molecule has 28 heavy (non-hydrogen) atoms. The first-order chi connectivity index (χ1) is 12.7. The Bertz CT molecular complexity index is 513. The van der Waals surface area contributed by atoms with Crippen molar-refractivity contribution in [3.05, 3.63) is 0 Å². The van der Waals surface area contributed by atoms with Crippen LogP contribution in [0.15, 0.2) is 0 Å². The van der Waals surface area contributed by atoms with Crippen molar-refractivity contribution in [3.8, 4) is 0 Å². The lowest BCUT2D eigenvalue weighted by Gasteiger charge is -2.41. The molecule has 1 aliphatic heterocycles. The Morgan fingerprint density at radius 1 is 1.18 bits per heavy atom. The van der Waals surface area contributed by atoms with E-state index in [2.05, 4.69) is 29.5 Å². The summed E-state index contributed by atoms with van der Waals surface area (Å²) in [7, 11) is 1.91. The standard InChI is InChI=1S/C21H40INO5/c1-8-17-20(6,26)18(24)16(5)23(7)12-14(3)11-21(22,27)10-13(2)9-15(4)19(25)28-17/h13-18,24,26-27H,8-12H2,1-7H3/t13-,14+,15+,16+,17+,18+,20+,21-/m0/s1. The highest BCUT2D eigenvalue weighted by molar-refractivity contribution is 14.1. The summed E-state index contributed by atoms with van der Waals surface area (Å²) in [5.74, 6) is -0.343. The van der Waals surface area contributed by atoms with Crippen molar-refractivity contribution in [2.24, 2.45) is 17.8 Å². The van der Waals surface area contributed by atoms with Gasteiger partial charge >= 0.3 is 5.97 Å². The molecule has 1 heterocycles. The summed E-state index contributed by atoms with van der Waals surface area (Å²) < 4.78 is 4.80. The van der Waals surface area contributed by atoms with Crippen molar-refractivity contribution in [2.75, 3.05) is 13.6 Å². The number of esters is 1. The van der Waals surface area contributed by atoms with Crippen molar-refractivity contribution < 1.29 is 24.9 Å². The summed E-state index contributed by atoms with van der Waals surface area (Å²) in [6.07, 6.45) is 0.381. The van der Waals surface area contributed by atoms with Crippen LogP contribution in [-0.4, -0.2) is 67.2 Å². The van der Waals surface area contributed by atoms with Crippen molar-refractivity contribution in [3.63, 3.8) is 0 Å². The average molecular weight is 513 g/mol. The van der Waals surface area contributed by atoms with E-state index in [1.165, 1.54) is 0 Å². The van der Waals surface area contributed by atoms with Crippen molar-refractivity contribution >= 4 is 28.6 Å². The lowest BCUT2D eigenvalue weighted by molar-refractivity contribution is -0.189. The van der Waals surface area contributed by atoms with E-state index < -0.39 is 21.4 Å². The molecule has 0 aliphatic carbocycles. The molecule has 0 radical (unpaired) electrons. The lowest BCUT2D eigenvalue weighted by Crippen LogP contribution is -2.58. The number of carbonyl (C=O) groups excluding carboxylic acids is 1. The highest BCUT2D eigenvalue weighted by Crippen LogP contribution is 2.35. The fraction of sp³-hybridized carbons (Fsp3) is 0.952. The molecule has 0 saturated carbocycles. The highest BCUT2D eigenvalue weighted by Gasteiger charge is 2.45. The van der Waals surface area contributed by atoms with E-state index in [4.69, 9.17) is 4.74 Å². The van der Waals surface area contributed by atoms with Gasteiger partial charge in [0.1, 0.15) is 21.4 Å². The van der Waals surface area contributed by atoms with Gasteiger partial charge in [0.25, 0.3) is 0 Å². The molecule has 0 aromatic rings. The first kappa shape index (κ1) is 26.1. The topological polar surface area (TPSA) is 90.2 Å². The van der Waals surface area contributed by atoms with E-state index in [9.17, 15) is 20.1 Å². The molecular formula is C21H40INO5.